The van der Waals surface area contributed by atoms with Crippen molar-refractivity contribution in [2.24, 2.45) is 0 Å². The number of hydrogen-bond donors (Lipinski definition) is 2. The fourth-order valence-corrected chi connectivity index (χ4v) is 1.91. The quantitative estimate of drug-likeness (QED) is 0.257. The fourth-order valence-electron chi connectivity index (χ4n) is 1.91. The molecule has 0 aliphatic rings. The lowest BCUT2D eigenvalue weighted by atomic mass is 10.1. The van der Waals surface area contributed by atoms with Crippen LogP contribution in [0.25, 0.3) is 0 Å². The van der Waals surface area contributed by atoms with Crippen LogP contribution in [0.3, 0.4) is 0 Å². The Labute approximate surface area is 201 Å². The molecule has 0 saturated heterocycles. The summed E-state index contributed by atoms with van der Waals surface area (Å²) in [6, 6.07) is 5.59. The molecule has 0 radical (unpaired) electrons. The summed E-state index contributed by atoms with van der Waals surface area (Å²) in [5, 5.41) is 19.3. The summed E-state index contributed by atoms with van der Waals surface area (Å²) in [6.45, 7) is 4.61. The smallest absolute Gasteiger partial charge is 0.339 e. The molecule has 0 spiro atoms. The van der Waals surface area contributed by atoms with E-state index in [0.717, 1.165) is 12.2 Å². The second-order valence-electron chi connectivity index (χ2n) is 5.72. The van der Waals surface area contributed by atoms with E-state index >= 15 is 0 Å². The lowest BCUT2D eigenvalue weighted by molar-refractivity contribution is -0.142. The van der Waals surface area contributed by atoms with E-state index in [9.17, 15) is 29.4 Å². The van der Waals surface area contributed by atoms with Gasteiger partial charge in [0.25, 0.3) is 0 Å². The highest BCUT2D eigenvalue weighted by atomic mass is 16.6. The molecule has 2 N–H and O–H groups in total. The van der Waals surface area contributed by atoms with Crippen molar-refractivity contribution >= 4 is 23.9 Å². The van der Waals surface area contributed by atoms with Crippen molar-refractivity contribution in [3.63, 3.8) is 0 Å². The number of esters is 4. The van der Waals surface area contributed by atoms with Crippen LogP contribution in [0.4, 0.5) is 0 Å². The molecule has 10 nitrogen and oxygen atoms in total. The maximum absolute atomic E-state index is 12.2. The van der Waals surface area contributed by atoms with E-state index in [4.69, 9.17) is 9.47 Å². The minimum absolute atomic E-state index is 0. The van der Waals surface area contributed by atoms with Crippen molar-refractivity contribution in [3.8, 4) is 0 Å². The average molecular weight is 487 g/mol. The number of carbonyl (C=O) groups excluding carboxylic acids is 4. The van der Waals surface area contributed by atoms with E-state index in [1.54, 1.807) is 0 Å². The Balaban J connectivity index is -0.00000112. The van der Waals surface area contributed by atoms with Crippen molar-refractivity contribution < 1.29 is 48.3 Å². The first-order valence-corrected chi connectivity index (χ1v) is 8.66. The van der Waals surface area contributed by atoms with Crippen LogP contribution in [0, 0.1) is 0 Å². The first-order valence-electron chi connectivity index (χ1n) is 8.66. The van der Waals surface area contributed by atoms with E-state index in [0.29, 0.717) is 0 Å². The zero-order chi connectivity index (χ0) is 22.5. The molecule has 0 saturated carbocycles. The summed E-state index contributed by atoms with van der Waals surface area (Å²) in [4.78, 5) is 46.3. The van der Waals surface area contributed by atoms with Crippen LogP contribution >= 0.6 is 0 Å². The Morgan fingerprint density at radius 3 is 1.26 bits per heavy atom. The van der Waals surface area contributed by atoms with Gasteiger partial charge in [0, 0.05) is 12.2 Å². The predicted octanol–water partition coefficient (Wildman–Crippen LogP) is 2.72. The van der Waals surface area contributed by atoms with E-state index in [1.807, 2.05) is 0 Å². The molecule has 1 rings (SSSR count). The van der Waals surface area contributed by atoms with Crippen LogP contribution in [0.1, 0.15) is 50.4 Å². The molecule has 34 heavy (non-hydrogen) atoms. The van der Waals surface area contributed by atoms with Gasteiger partial charge in [-0.1, -0.05) is 55.0 Å². The van der Waals surface area contributed by atoms with Gasteiger partial charge in [0.2, 0.25) is 0 Å². The highest BCUT2D eigenvalue weighted by Crippen LogP contribution is 2.12. The van der Waals surface area contributed by atoms with E-state index in [-0.39, 0.29) is 40.8 Å². The van der Waals surface area contributed by atoms with E-state index in [1.165, 1.54) is 24.3 Å². The van der Waals surface area contributed by atoms with E-state index in [2.05, 4.69) is 22.6 Å². The zero-order valence-corrected chi connectivity index (χ0v) is 16.0. The third kappa shape index (κ3) is 13.8. The van der Waals surface area contributed by atoms with Gasteiger partial charge < -0.3 is 29.2 Å². The van der Waals surface area contributed by atoms with Gasteiger partial charge in [0.1, 0.15) is 38.6 Å². The lowest BCUT2D eigenvalue weighted by Crippen LogP contribution is -2.27. The van der Waals surface area contributed by atoms with Crippen molar-refractivity contribution in [1.29, 1.82) is 0 Å². The lowest BCUT2D eigenvalue weighted by Gasteiger charge is -2.14. The fraction of sp³-hybridized carbons (Fsp3) is 0.417. The Bertz CT molecular complexity index is 723. The topological polar surface area (TPSA) is 146 Å². The maximum Gasteiger partial charge on any atom is 0.339 e. The first-order chi connectivity index (χ1) is 14.3. The normalized spacial score (nSPS) is 10.6. The second-order valence-corrected chi connectivity index (χ2v) is 5.72. The molecule has 0 amide bonds. The Hall–Kier alpha value is -3.50. The number of hydrogen-bond acceptors (Lipinski definition) is 10. The van der Waals surface area contributed by atoms with Gasteiger partial charge in [-0.3, -0.25) is 0 Å². The summed E-state index contributed by atoms with van der Waals surface area (Å²) >= 11 is 0. The molecular formula is C24H38O10. The predicted molar refractivity (Wildman–Crippen MR) is 128 cm³/mol. The molecular weight excluding hydrogens is 448 g/mol. The van der Waals surface area contributed by atoms with Crippen LogP contribution in [0.15, 0.2) is 49.6 Å². The Morgan fingerprint density at radius 1 is 0.676 bits per heavy atom. The maximum atomic E-state index is 12.2. The molecule has 0 aromatic heterocycles. The number of benzene rings is 1. The molecule has 0 aliphatic heterocycles. The molecule has 0 bridgehead atoms. The summed E-state index contributed by atoms with van der Waals surface area (Å²) < 4.78 is 19.1. The van der Waals surface area contributed by atoms with Crippen LogP contribution in [-0.4, -0.2) is 72.7 Å². The summed E-state index contributed by atoms with van der Waals surface area (Å²) in [5.74, 6) is -3.32. The third-order valence-corrected chi connectivity index (χ3v) is 3.35. The van der Waals surface area contributed by atoms with Crippen LogP contribution in [0.2, 0.25) is 0 Å². The average Bonchev–Trinajstić information content (AvgIpc) is 2.77. The van der Waals surface area contributed by atoms with Crippen LogP contribution in [0.5, 0.6) is 0 Å². The van der Waals surface area contributed by atoms with Crippen molar-refractivity contribution in [2.45, 2.75) is 41.9 Å². The summed E-state index contributed by atoms with van der Waals surface area (Å²) in [7, 11) is 0. The molecule has 0 fully saturated rings. The largest absolute Gasteiger partial charge is 0.460 e. The molecule has 2 atom stereocenters. The van der Waals surface area contributed by atoms with Gasteiger partial charge in [-0.25, -0.2) is 19.2 Å². The standard InChI is InChI=1S/C20H22O10.4CH4/c1-3-17(23)27-9-13(21)11-29-19(25)15-7-5-6-8-16(15)20(26)30-12-14(22)10-28-18(24)4-2;;;;/h3-8,13-14,21-22H,1-2,9-12H2;4*1H4. The first kappa shape index (κ1) is 37.8. The number of ether oxygens (including phenoxy) is 4. The molecule has 194 valence electrons. The third-order valence-electron chi connectivity index (χ3n) is 3.35. The Morgan fingerprint density at radius 2 is 0.971 bits per heavy atom. The van der Waals surface area contributed by atoms with Gasteiger partial charge in [0.05, 0.1) is 11.1 Å². The number of carbonyl (C=O) groups is 4. The second kappa shape index (κ2) is 20.1. The number of rotatable bonds is 12. The summed E-state index contributed by atoms with van der Waals surface area (Å²) in [5.41, 5.74) is -0.268. The van der Waals surface area contributed by atoms with Crippen molar-refractivity contribution in [1.82, 2.24) is 0 Å². The zero-order valence-electron chi connectivity index (χ0n) is 16.0. The van der Waals surface area contributed by atoms with E-state index < -0.39 is 62.5 Å². The van der Waals surface area contributed by atoms with Crippen molar-refractivity contribution in [3.05, 3.63) is 60.7 Å². The number of aliphatic hydroxyl groups is 2. The highest BCUT2D eigenvalue weighted by Gasteiger charge is 2.21. The Kier molecular flexibility index (Phi) is 22.4. The summed E-state index contributed by atoms with van der Waals surface area (Å²) in [6.07, 6.45) is -0.710. The van der Waals surface area contributed by atoms with Gasteiger partial charge >= 0.3 is 23.9 Å². The molecule has 1 aromatic carbocycles. The minimum atomic E-state index is -1.27. The highest BCUT2D eigenvalue weighted by molar-refractivity contribution is 6.03. The van der Waals surface area contributed by atoms with Gasteiger partial charge in [0.15, 0.2) is 0 Å². The molecule has 0 aliphatic carbocycles. The number of aliphatic hydroxyl groups excluding tert-OH is 2. The van der Waals surface area contributed by atoms with Gasteiger partial charge in [-0.15, -0.1) is 0 Å². The SMILES string of the molecule is C.C.C.C.C=CC(=O)OCC(O)COC(=O)c1ccccc1C(=O)OCC(O)COC(=O)C=C. The monoisotopic (exact) mass is 486 g/mol. The van der Waals surface area contributed by atoms with Crippen LogP contribution < -0.4 is 0 Å². The molecule has 0 heterocycles. The molecule has 2 unspecified atom stereocenters. The van der Waals surface area contributed by atoms with Crippen molar-refractivity contribution in [2.75, 3.05) is 26.4 Å². The molecule has 10 heteroatoms. The van der Waals surface area contributed by atoms with Crippen LogP contribution in [-0.2, 0) is 28.5 Å². The van der Waals surface area contributed by atoms with Gasteiger partial charge in [-0.05, 0) is 12.1 Å². The minimum Gasteiger partial charge on any atom is -0.460 e. The molecule has 1 aromatic rings. The van der Waals surface area contributed by atoms with Gasteiger partial charge in [-0.2, -0.15) is 0 Å².